The average Bonchev–Trinajstić information content (AvgIpc) is 3.09. The molecule has 1 aromatic carbocycles. The number of methoxy groups -OCH3 is 1. The molecule has 0 saturated heterocycles. The van der Waals surface area contributed by atoms with Gasteiger partial charge in [-0.1, -0.05) is 26.8 Å². The Kier molecular flexibility index (Phi) is 7.15. The minimum Gasteiger partial charge on any atom is -0.493 e. The fraction of sp³-hybridized carbons (Fsp3) is 0.435. The van der Waals surface area contributed by atoms with E-state index in [0.29, 0.717) is 17.3 Å². The van der Waals surface area contributed by atoms with Gasteiger partial charge in [-0.25, -0.2) is 4.68 Å². The van der Waals surface area contributed by atoms with Gasteiger partial charge in [0.15, 0.2) is 18.1 Å². The molecule has 1 heterocycles. The summed E-state index contributed by atoms with van der Waals surface area (Å²) in [6, 6.07) is 7.02. The standard InChI is InChI=1S/C23H32N4O4/c1-22(2,3)18-13-20(27(26-18)23(4,5)6)25-21(29)11-9-15-8-10-16(17(12-15)30-7)31-14-19(24)28/h8-13H,14H2,1-7H3,(H2,24,28)(H,25,29)/b11-9+. The van der Waals surface area contributed by atoms with Crippen molar-refractivity contribution in [3.8, 4) is 11.5 Å². The van der Waals surface area contributed by atoms with Crippen LogP contribution in [0, 0.1) is 0 Å². The summed E-state index contributed by atoms with van der Waals surface area (Å²) in [6.07, 6.45) is 3.10. The monoisotopic (exact) mass is 428 g/mol. The van der Waals surface area contributed by atoms with E-state index in [1.165, 1.54) is 13.2 Å². The Labute approximate surface area is 183 Å². The number of ether oxygens (including phenoxy) is 2. The maximum Gasteiger partial charge on any atom is 0.255 e. The number of primary amides is 1. The minimum absolute atomic E-state index is 0.138. The van der Waals surface area contributed by atoms with Crippen LogP contribution in [0.1, 0.15) is 52.8 Å². The molecule has 0 saturated carbocycles. The molecule has 0 unspecified atom stereocenters. The van der Waals surface area contributed by atoms with Crippen LogP contribution >= 0.6 is 0 Å². The maximum absolute atomic E-state index is 12.6. The number of hydrogen-bond donors (Lipinski definition) is 2. The van der Waals surface area contributed by atoms with Crippen LogP contribution in [0.2, 0.25) is 0 Å². The highest BCUT2D eigenvalue weighted by atomic mass is 16.5. The molecular formula is C23H32N4O4. The number of nitrogens with one attached hydrogen (secondary N) is 1. The van der Waals surface area contributed by atoms with Crippen LogP contribution in [0.5, 0.6) is 11.5 Å². The summed E-state index contributed by atoms with van der Waals surface area (Å²) < 4.78 is 12.4. The number of nitrogens with two attached hydrogens (primary N) is 1. The normalized spacial score (nSPS) is 12.1. The molecular weight excluding hydrogens is 396 g/mol. The minimum atomic E-state index is -0.577. The van der Waals surface area contributed by atoms with Gasteiger partial charge < -0.3 is 20.5 Å². The molecule has 0 spiro atoms. The molecule has 8 nitrogen and oxygen atoms in total. The lowest BCUT2D eigenvalue weighted by molar-refractivity contribution is -0.120. The molecule has 0 atom stereocenters. The highest BCUT2D eigenvalue weighted by molar-refractivity contribution is 6.01. The molecule has 3 N–H and O–H groups in total. The Morgan fingerprint density at radius 3 is 2.35 bits per heavy atom. The van der Waals surface area contributed by atoms with Crippen LogP contribution < -0.4 is 20.5 Å². The zero-order valence-electron chi connectivity index (χ0n) is 19.3. The molecule has 2 amide bonds. The summed E-state index contributed by atoms with van der Waals surface area (Å²) in [5, 5.41) is 7.62. The second-order valence-electron chi connectivity index (χ2n) is 9.24. The number of carbonyl (C=O) groups is 2. The fourth-order valence-electron chi connectivity index (χ4n) is 2.74. The molecule has 168 valence electrons. The van der Waals surface area contributed by atoms with Crippen LogP contribution in [0.3, 0.4) is 0 Å². The summed E-state index contributed by atoms with van der Waals surface area (Å²) in [4.78, 5) is 23.5. The van der Waals surface area contributed by atoms with Gasteiger partial charge in [-0.05, 0) is 44.5 Å². The number of benzene rings is 1. The Morgan fingerprint density at radius 2 is 1.81 bits per heavy atom. The van der Waals surface area contributed by atoms with Crippen molar-refractivity contribution in [3.63, 3.8) is 0 Å². The number of rotatable bonds is 7. The van der Waals surface area contributed by atoms with Crippen molar-refractivity contribution in [2.45, 2.75) is 52.5 Å². The van der Waals surface area contributed by atoms with Crippen LogP contribution in [0.25, 0.3) is 6.08 Å². The predicted octanol–water partition coefficient (Wildman–Crippen LogP) is 3.46. The molecule has 0 aliphatic rings. The Bertz CT molecular complexity index is 978. The van der Waals surface area contributed by atoms with Gasteiger partial charge in [0.05, 0.1) is 18.3 Å². The van der Waals surface area contributed by atoms with Gasteiger partial charge in [-0.15, -0.1) is 0 Å². The zero-order chi connectivity index (χ0) is 23.4. The topological polar surface area (TPSA) is 108 Å². The summed E-state index contributed by atoms with van der Waals surface area (Å²) in [5.74, 6) is 0.613. The SMILES string of the molecule is COc1cc(/C=C/C(=O)Nc2cc(C(C)(C)C)nn2C(C)(C)C)ccc1OCC(N)=O. The first kappa shape index (κ1) is 24.0. The molecule has 2 rings (SSSR count). The number of carbonyl (C=O) groups excluding carboxylic acids is 2. The second-order valence-corrected chi connectivity index (χ2v) is 9.24. The number of anilines is 1. The van der Waals surface area contributed by atoms with Gasteiger partial charge in [0.25, 0.3) is 5.91 Å². The molecule has 0 aliphatic heterocycles. The van der Waals surface area contributed by atoms with Gasteiger partial charge >= 0.3 is 0 Å². The first-order valence-electron chi connectivity index (χ1n) is 10.0. The van der Waals surface area contributed by atoms with E-state index in [4.69, 9.17) is 20.3 Å². The lowest BCUT2D eigenvalue weighted by Crippen LogP contribution is -2.27. The zero-order valence-corrected chi connectivity index (χ0v) is 19.3. The Hall–Kier alpha value is -3.29. The summed E-state index contributed by atoms with van der Waals surface area (Å²) >= 11 is 0. The van der Waals surface area contributed by atoms with E-state index in [1.807, 2.05) is 31.5 Å². The number of nitrogens with zero attached hydrogens (tertiary/aromatic N) is 2. The quantitative estimate of drug-likeness (QED) is 0.657. The van der Waals surface area contributed by atoms with E-state index >= 15 is 0 Å². The van der Waals surface area contributed by atoms with E-state index in [2.05, 4.69) is 26.1 Å². The van der Waals surface area contributed by atoms with Crippen molar-refractivity contribution in [2.24, 2.45) is 5.73 Å². The number of amides is 2. The molecule has 0 radical (unpaired) electrons. The lowest BCUT2D eigenvalue weighted by Gasteiger charge is -2.22. The van der Waals surface area contributed by atoms with Crippen LogP contribution in [-0.4, -0.2) is 35.3 Å². The van der Waals surface area contributed by atoms with Gasteiger partial charge in [-0.3, -0.25) is 9.59 Å². The van der Waals surface area contributed by atoms with Crippen LogP contribution in [0.15, 0.2) is 30.3 Å². The highest BCUT2D eigenvalue weighted by Gasteiger charge is 2.25. The van der Waals surface area contributed by atoms with Crippen molar-refractivity contribution in [2.75, 3.05) is 19.0 Å². The van der Waals surface area contributed by atoms with Crippen molar-refractivity contribution in [1.29, 1.82) is 0 Å². The van der Waals surface area contributed by atoms with Crippen LogP contribution in [-0.2, 0) is 20.5 Å². The fourth-order valence-corrected chi connectivity index (χ4v) is 2.74. The molecule has 8 heteroatoms. The molecule has 0 aliphatic carbocycles. The van der Waals surface area contributed by atoms with Gasteiger partial charge in [0, 0.05) is 17.6 Å². The molecule has 2 aromatic rings. The predicted molar refractivity (Wildman–Crippen MR) is 121 cm³/mol. The first-order valence-corrected chi connectivity index (χ1v) is 10.0. The third-order valence-corrected chi connectivity index (χ3v) is 4.35. The Balaban J connectivity index is 2.19. The van der Waals surface area contributed by atoms with E-state index in [1.54, 1.807) is 24.3 Å². The molecule has 1 aromatic heterocycles. The third kappa shape index (κ3) is 6.60. The van der Waals surface area contributed by atoms with Gasteiger partial charge in [-0.2, -0.15) is 5.10 Å². The summed E-state index contributed by atoms with van der Waals surface area (Å²) in [7, 11) is 1.49. The average molecular weight is 429 g/mol. The number of hydrogen-bond acceptors (Lipinski definition) is 5. The summed E-state index contributed by atoms with van der Waals surface area (Å²) in [6.45, 7) is 12.1. The molecule has 0 bridgehead atoms. The van der Waals surface area contributed by atoms with Crippen molar-refractivity contribution < 1.29 is 19.1 Å². The lowest BCUT2D eigenvalue weighted by atomic mass is 9.92. The first-order chi connectivity index (χ1) is 14.3. The smallest absolute Gasteiger partial charge is 0.255 e. The molecule has 0 fully saturated rings. The van der Waals surface area contributed by atoms with E-state index in [9.17, 15) is 9.59 Å². The van der Waals surface area contributed by atoms with E-state index in [-0.39, 0.29) is 23.5 Å². The van der Waals surface area contributed by atoms with Crippen molar-refractivity contribution in [3.05, 3.63) is 41.6 Å². The molecule has 31 heavy (non-hydrogen) atoms. The Morgan fingerprint density at radius 1 is 1.13 bits per heavy atom. The second kappa shape index (κ2) is 9.24. The van der Waals surface area contributed by atoms with Gasteiger partial charge in [0.2, 0.25) is 5.91 Å². The van der Waals surface area contributed by atoms with Crippen molar-refractivity contribution >= 4 is 23.7 Å². The highest BCUT2D eigenvalue weighted by Crippen LogP contribution is 2.29. The van der Waals surface area contributed by atoms with E-state index in [0.717, 1.165) is 11.3 Å². The third-order valence-electron chi connectivity index (χ3n) is 4.35. The van der Waals surface area contributed by atoms with Crippen molar-refractivity contribution in [1.82, 2.24) is 9.78 Å². The van der Waals surface area contributed by atoms with E-state index < -0.39 is 5.91 Å². The summed E-state index contributed by atoms with van der Waals surface area (Å²) in [5.41, 5.74) is 6.31. The van der Waals surface area contributed by atoms with Gasteiger partial charge in [0.1, 0.15) is 5.82 Å². The largest absolute Gasteiger partial charge is 0.493 e. The van der Waals surface area contributed by atoms with Crippen LogP contribution in [0.4, 0.5) is 5.82 Å². The number of aromatic nitrogens is 2. The maximum atomic E-state index is 12.6.